The summed E-state index contributed by atoms with van der Waals surface area (Å²) in [4.78, 5) is 11.9. The maximum atomic E-state index is 11.9. The number of carbonyl (C=O) groups is 1. The van der Waals surface area contributed by atoms with E-state index in [4.69, 9.17) is 9.47 Å². The Morgan fingerprint density at radius 1 is 1.32 bits per heavy atom. The normalized spacial score (nSPS) is 21.9. The number of ether oxygens (including phenoxy) is 2. The van der Waals surface area contributed by atoms with Gasteiger partial charge in [-0.3, -0.25) is 0 Å². The minimum absolute atomic E-state index is 0.0371. The Hall–Kier alpha value is -1.55. The second kappa shape index (κ2) is 5.21. The van der Waals surface area contributed by atoms with Gasteiger partial charge in [-0.25, -0.2) is 4.79 Å². The van der Waals surface area contributed by atoms with Gasteiger partial charge in [0.25, 0.3) is 0 Å². The first-order valence-electron chi connectivity index (χ1n) is 6.51. The van der Waals surface area contributed by atoms with Crippen molar-refractivity contribution in [3.63, 3.8) is 0 Å². The molecule has 0 aromatic heterocycles. The number of carbonyl (C=O) groups excluding carboxylic acids is 1. The average molecular weight is 263 g/mol. The minimum atomic E-state index is -0.495. The molecule has 4 nitrogen and oxygen atoms in total. The molecule has 1 N–H and O–H groups in total. The maximum absolute atomic E-state index is 11.9. The third-order valence-electron chi connectivity index (χ3n) is 3.16. The molecule has 0 fully saturated rings. The van der Waals surface area contributed by atoms with Gasteiger partial charge in [0.1, 0.15) is 5.60 Å². The Morgan fingerprint density at radius 3 is 2.63 bits per heavy atom. The molecule has 0 aliphatic heterocycles. The summed E-state index contributed by atoms with van der Waals surface area (Å²) >= 11 is 0. The van der Waals surface area contributed by atoms with Gasteiger partial charge in [0.05, 0.1) is 12.1 Å². The van der Waals surface area contributed by atoms with Crippen LogP contribution in [0.25, 0.3) is 0 Å². The molecule has 4 heteroatoms. The first-order valence-corrected chi connectivity index (χ1v) is 6.51. The molecule has 0 heterocycles. The Morgan fingerprint density at radius 2 is 2.00 bits per heavy atom. The molecule has 2 atom stereocenters. The van der Waals surface area contributed by atoms with Crippen molar-refractivity contribution in [3.8, 4) is 0 Å². The zero-order valence-corrected chi connectivity index (χ0v) is 11.9. The van der Waals surface area contributed by atoms with E-state index in [9.17, 15) is 4.79 Å². The number of alkyl carbamates (subject to hydrolysis) is 1. The highest BCUT2D eigenvalue weighted by atomic mass is 16.6. The van der Waals surface area contributed by atoms with Gasteiger partial charge in [-0.15, -0.1) is 0 Å². The quantitative estimate of drug-likeness (QED) is 0.892. The van der Waals surface area contributed by atoms with E-state index in [1.165, 1.54) is 5.56 Å². The number of methoxy groups -OCH3 is 1. The molecule has 0 bridgehead atoms. The smallest absolute Gasteiger partial charge is 0.408 e. The molecule has 104 valence electrons. The Labute approximate surface area is 114 Å². The van der Waals surface area contributed by atoms with Crippen LogP contribution in [0.1, 0.15) is 37.9 Å². The van der Waals surface area contributed by atoms with E-state index in [-0.39, 0.29) is 12.1 Å². The van der Waals surface area contributed by atoms with E-state index in [1.807, 2.05) is 39.0 Å². The molecular formula is C15H21NO3. The average Bonchev–Trinajstić information content (AvgIpc) is 2.65. The number of nitrogens with one attached hydrogen (secondary N) is 1. The highest BCUT2D eigenvalue weighted by Gasteiger charge is 2.34. The summed E-state index contributed by atoms with van der Waals surface area (Å²) in [5.74, 6) is 0. The molecule has 0 saturated heterocycles. The maximum Gasteiger partial charge on any atom is 0.408 e. The van der Waals surface area contributed by atoms with E-state index in [1.54, 1.807) is 7.11 Å². The predicted octanol–water partition coefficient (Wildman–Crippen LogP) is 2.82. The van der Waals surface area contributed by atoms with E-state index < -0.39 is 11.7 Å². The van der Waals surface area contributed by atoms with Gasteiger partial charge < -0.3 is 14.8 Å². The molecule has 1 aliphatic rings. The first-order chi connectivity index (χ1) is 8.90. The van der Waals surface area contributed by atoms with Gasteiger partial charge >= 0.3 is 6.09 Å². The van der Waals surface area contributed by atoms with Crippen LogP contribution in [0.3, 0.4) is 0 Å². The number of amides is 1. The zero-order valence-electron chi connectivity index (χ0n) is 11.9. The van der Waals surface area contributed by atoms with Crippen LogP contribution in [-0.4, -0.2) is 24.9 Å². The molecule has 1 aliphatic carbocycles. The summed E-state index contributed by atoms with van der Waals surface area (Å²) in [6, 6.07) is 7.92. The van der Waals surface area contributed by atoms with Crippen LogP contribution < -0.4 is 5.32 Å². The summed E-state index contributed by atoms with van der Waals surface area (Å²) in [5, 5.41) is 2.91. The van der Waals surface area contributed by atoms with E-state index in [0.717, 1.165) is 12.0 Å². The van der Waals surface area contributed by atoms with Gasteiger partial charge in [-0.05, 0) is 31.9 Å². The van der Waals surface area contributed by atoms with Crippen LogP contribution in [0.15, 0.2) is 24.3 Å². The van der Waals surface area contributed by atoms with Crippen molar-refractivity contribution in [2.75, 3.05) is 7.11 Å². The van der Waals surface area contributed by atoms with E-state index >= 15 is 0 Å². The number of fused-ring (bicyclic) bond motifs is 1. The molecule has 1 aromatic rings. The van der Waals surface area contributed by atoms with Gasteiger partial charge in [0.15, 0.2) is 0 Å². The third-order valence-corrected chi connectivity index (χ3v) is 3.16. The molecular weight excluding hydrogens is 242 g/mol. The zero-order chi connectivity index (χ0) is 14.0. The molecule has 0 unspecified atom stereocenters. The van der Waals surface area contributed by atoms with Crippen molar-refractivity contribution in [1.29, 1.82) is 0 Å². The lowest BCUT2D eigenvalue weighted by molar-refractivity contribution is 0.0368. The number of hydrogen-bond acceptors (Lipinski definition) is 3. The summed E-state index contributed by atoms with van der Waals surface area (Å²) in [7, 11) is 1.67. The number of benzene rings is 1. The number of hydrogen-bond donors (Lipinski definition) is 1. The Kier molecular flexibility index (Phi) is 3.80. The fourth-order valence-electron chi connectivity index (χ4n) is 2.38. The highest BCUT2D eigenvalue weighted by Crippen LogP contribution is 2.33. The summed E-state index contributed by atoms with van der Waals surface area (Å²) in [6.45, 7) is 5.55. The Bertz CT molecular complexity index is 465. The van der Waals surface area contributed by atoms with Gasteiger partial charge in [-0.2, -0.15) is 0 Å². The number of rotatable bonds is 2. The molecule has 2 rings (SSSR count). The van der Waals surface area contributed by atoms with Crippen LogP contribution in [-0.2, 0) is 15.9 Å². The molecule has 19 heavy (non-hydrogen) atoms. The van der Waals surface area contributed by atoms with Crippen LogP contribution in [0.2, 0.25) is 0 Å². The lowest BCUT2D eigenvalue weighted by Gasteiger charge is -2.24. The predicted molar refractivity (Wildman–Crippen MR) is 73.1 cm³/mol. The topological polar surface area (TPSA) is 47.6 Å². The fourth-order valence-corrected chi connectivity index (χ4v) is 2.38. The van der Waals surface area contributed by atoms with Crippen molar-refractivity contribution in [2.45, 2.75) is 44.9 Å². The van der Waals surface area contributed by atoms with Crippen molar-refractivity contribution in [3.05, 3.63) is 35.4 Å². The molecule has 0 spiro atoms. The molecule has 1 amide bonds. The van der Waals surface area contributed by atoms with Gasteiger partial charge in [0, 0.05) is 13.5 Å². The monoisotopic (exact) mass is 263 g/mol. The first kappa shape index (κ1) is 13.9. The van der Waals surface area contributed by atoms with Crippen molar-refractivity contribution in [1.82, 2.24) is 5.32 Å². The Balaban J connectivity index is 2.12. The summed E-state index contributed by atoms with van der Waals surface area (Å²) in [5.41, 5.74) is 1.83. The van der Waals surface area contributed by atoms with Crippen LogP contribution >= 0.6 is 0 Å². The van der Waals surface area contributed by atoms with Crippen LogP contribution in [0.4, 0.5) is 4.79 Å². The molecule has 1 aromatic carbocycles. The van der Waals surface area contributed by atoms with Crippen LogP contribution in [0.5, 0.6) is 0 Å². The van der Waals surface area contributed by atoms with Crippen molar-refractivity contribution < 1.29 is 14.3 Å². The largest absolute Gasteiger partial charge is 0.444 e. The van der Waals surface area contributed by atoms with Crippen molar-refractivity contribution in [2.24, 2.45) is 0 Å². The lowest BCUT2D eigenvalue weighted by Crippen LogP contribution is -2.38. The lowest BCUT2D eigenvalue weighted by atomic mass is 10.1. The van der Waals surface area contributed by atoms with E-state index in [0.29, 0.717) is 0 Å². The molecule has 0 saturated carbocycles. The summed E-state index contributed by atoms with van der Waals surface area (Å²) < 4.78 is 10.8. The second-order valence-corrected chi connectivity index (χ2v) is 5.80. The van der Waals surface area contributed by atoms with Gasteiger partial charge in [0.2, 0.25) is 0 Å². The highest BCUT2D eigenvalue weighted by molar-refractivity contribution is 5.69. The van der Waals surface area contributed by atoms with Gasteiger partial charge in [-0.1, -0.05) is 24.3 Å². The molecule has 0 radical (unpaired) electrons. The minimum Gasteiger partial charge on any atom is -0.444 e. The fraction of sp³-hybridized carbons (Fsp3) is 0.533. The van der Waals surface area contributed by atoms with E-state index in [2.05, 4.69) is 11.4 Å². The van der Waals surface area contributed by atoms with Crippen LogP contribution in [0, 0.1) is 0 Å². The van der Waals surface area contributed by atoms with Crippen molar-refractivity contribution >= 4 is 6.09 Å². The SMILES string of the molecule is CO[C@@H]1Cc2ccccc2[C@@H]1NC(=O)OC(C)(C)C. The standard InChI is InChI=1S/C15H21NO3/c1-15(2,3)19-14(17)16-13-11-8-6-5-7-10(11)9-12(13)18-4/h5-8,12-13H,9H2,1-4H3,(H,16,17)/t12-,13+/m1/s1. The third kappa shape index (κ3) is 3.26. The second-order valence-electron chi connectivity index (χ2n) is 5.80. The summed E-state index contributed by atoms with van der Waals surface area (Å²) in [6.07, 6.45) is 0.369.